The van der Waals surface area contributed by atoms with Crippen LogP contribution in [0.1, 0.15) is 149 Å². The zero-order valence-electron chi connectivity index (χ0n) is 78.9. The Morgan fingerprint density at radius 3 is 1.07 bits per heavy atom. The van der Waals surface area contributed by atoms with E-state index in [1.54, 1.807) is 103 Å². The lowest BCUT2D eigenvalue weighted by molar-refractivity contribution is 0.0703. The Labute approximate surface area is 827 Å². The molecule has 732 valence electrons. The van der Waals surface area contributed by atoms with Gasteiger partial charge in [-0.05, 0) is 297 Å². The number of pyridine rings is 5. The Balaban J connectivity index is 0.000000153. The number of aliphatic hydroxyl groups is 3. The molecule has 0 spiro atoms. The van der Waals surface area contributed by atoms with Crippen LogP contribution in [0.5, 0.6) is 46.0 Å². The standard InChI is InChI=1S/C37H35ClFN3O6.C36H33ClFN3O6.C35H32ClFN4O6/c1-4-46-30-13-16-42(26-8-6-25(39)7-9-26)36(44)32(30)35(43)41-28-10-5-22(20-27(28)38)19-23-12-15-40-29-21-24(11-14-37(2,3)45)33-34(31(23)29)48-18-17-47-33;1-36(2,44)13-10-23-20-28-30(33-32(23)46-16-17-47-33)22(11-14-39-28)18-21-4-9-27(26(37)19-21)40-34(42)31-29(45-3)12-15-41(35(31)43)25-7-5-24(38)6-8-25;1-35(2,45)12-10-22-18-28-29(31-30(22)46-14-15-47-31)21(11-13-38-28)16-20-4-9-27(26(36)17-20)39-32(42)25-19-40(3)34(44)41(33(25)43)24-7-5-23(37)6-8-24/h5-10,12-13,15-16,20-21,45H,4,11,14,17-19H2,1-3H3,(H,41,43);4-9,11-12,14-15,19-20,44H,10,13,16-18H2,1-3H3,(H,40,42);4-9,11,13,17-19,45H,10,12,14-16H2,1-3H3,(H,39,42). The summed E-state index contributed by atoms with van der Waals surface area (Å²) >= 11 is 20.0. The van der Waals surface area contributed by atoms with Gasteiger partial charge in [0.25, 0.3) is 34.4 Å². The largest absolute Gasteiger partial charge is 0.496 e. The van der Waals surface area contributed by atoms with Crippen molar-refractivity contribution in [3.05, 3.63) is 354 Å². The highest BCUT2D eigenvalue weighted by Crippen LogP contribution is 2.48. The Morgan fingerprint density at radius 1 is 0.415 bits per heavy atom. The van der Waals surface area contributed by atoms with E-state index >= 15 is 0 Å². The minimum Gasteiger partial charge on any atom is -0.496 e. The maximum Gasteiger partial charge on any atom is 0.335 e. The highest BCUT2D eigenvalue weighted by atomic mass is 35.5. The number of benzene rings is 9. The molecule has 0 saturated heterocycles. The summed E-state index contributed by atoms with van der Waals surface area (Å²) in [5.74, 6) is 0.534. The molecule has 0 bridgehead atoms. The lowest BCUT2D eigenvalue weighted by Crippen LogP contribution is -2.41. The minimum atomic E-state index is -0.854. The number of amides is 3. The van der Waals surface area contributed by atoms with Crippen LogP contribution in [0.4, 0.5) is 30.2 Å². The molecule has 28 nitrogen and oxygen atoms in total. The van der Waals surface area contributed by atoms with Crippen LogP contribution in [0.25, 0.3) is 49.8 Å². The maximum atomic E-state index is 13.5. The molecular weight excluding hydrogens is 1890 g/mol. The Hall–Kier alpha value is -14.9. The minimum absolute atomic E-state index is 0.0842. The van der Waals surface area contributed by atoms with Crippen molar-refractivity contribution in [1.82, 2.24) is 33.2 Å². The van der Waals surface area contributed by atoms with E-state index in [4.69, 9.17) is 72.7 Å². The first-order chi connectivity index (χ1) is 67.9. The zero-order valence-corrected chi connectivity index (χ0v) is 81.2. The summed E-state index contributed by atoms with van der Waals surface area (Å²) < 4.78 is 92.3. The van der Waals surface area contributed by atoms with Crippen molar-refractivity contribution in [2.24, 2.45) is 7.05 Å². The fraction of sp³-hybridized carbons (Fsp3) is 0.259. The van der Waals surface area contributed by atoms with E-state index in [2.05, 4.69) is 30.9 Å². The second-order valence-electron chi connectivity index (χ2n) is 36.1. The number of methoxy groups -OCH3 is 1. The quantitative estimate of drug-likeness (QED) is 0.0278. The van der Waals surface area contributed by atoms with E-state index in [0.717, 1.165) is 110 Å². The normalized spacial score (nSPS) is 12.7. The summed E-state index contributed by atoms with van der Waals surface area (Å²) in [6, 6.07) is 46.0. The van der Waals surface area contributed by atoms with Crippen molar-refractivity contribution in [3.8, 4) is 63.1 Å². The fourth-order valence-electron chi connectivity index (χ4n) is 16.9. The monoisotopic (exact) mass is 1990 g/mol. The lowest BCUT2D eigenvalue weighted by atomic mass is 9.94. The predicted octanol–water partition coefficient (Wildman–Crippen LogP) is 18.6. The lowest BCUT2D eigenvalue weighted by Gasteiger charge is -2.25. The summed E-state index contributed by atoms with van der Waals surface area (Å²) in [6.45, 7) is 15.2. The van der Waals surface area contributed by atoms with Gasteiger partial charge in [-0.25, -0.2) is 22.5 Å². The van der Waals surface area contributed by atoms with Gasteiger partial charge in [-0.3, -0.25) is 52.9 Å². The number of carbonyl (C=O) groups excluding carboxylic acids is 3. The zero-order chi connectivity index (χ0) is 101. The molecule has 0 radical (unpaired) electrons. The number of rotatable bonds is 27. The van der Waals surface area contributed by atoms with E-state index in [1.807, 2.05) is 54.6 Å². The fourth-order valence-corrected chi connectivity index (χ4v) is 17.7. The molecule has 6 N–H and O–H groups in total. The summed E-state index contributed by atoms with van der Waals surface area (Å²) in [7, 11) is 2.78. The van der Waals surface area contributed by atoms with Gasteiger partial charge in [-0.1, -0.05) is 53.0 Å². The number of nitrogens with one attached hydrogen (secondary N) is 3. The Kier molecular flexibility index (Phi) is 30.1. The molecular formula is C108H100Cl3F3N10O18. The first-order valence-corrected chi connectivity index (χ1v) is 46.9. The third-order valence-electron chi connectivity index (χ3n) is 24.0. The van der Waals surface area contributed by atoms with Crippen molar-refractivity contribution in [1.29, 1.82) is 0 Å². The van der Waals surface area contributed by atoms with Gasteiger partial charge in [0.05, 0.1) is 84.9 Å². The van der Waals surface area contributed by atoms with Gasteiger partial charge in [0.1, 0.15) is 85.3 Å². The molecule has 0 saturated carbocycles. The molecule has 3 aliphatic heterocycles. The Bertz CT molecular complexity index is 7650. The van der Waals surface area contributed by atoms with Gasteiger partial charge < -0.3 is 73.7 Å². The van der Waals surface area contributed by atoms with Gasteiger partial charge in [0.15, 0.2) is 34.5 Å². The summed E-state index contributed by atoms with van der Waals surface area (Å²) in [4.78, 5) is 107. The summed E-state index contributed by atoms with van der Waals surface area (Å²) in [5, 5.41) is 42.4. The van der Waals surface area contributed by atoms with Crippen LogP contribution in [0, 0.1) is 17.5 Å². The molecule has 0 atom stereocenters. The third kappa shape index (κ3) is 22.9. The number of carbonyl (C=O) groups is 3. The molecule has 15 aromatic rings. The first kappa shape index (κ1) is 100. The number of hydrogen-bond acceptors (Lipinski definition) is 21. The number of ether oxygens (including phenoxy) is 8. The topological polar surface area (TPSA) is 348 Å². The van der Waals surface area contributed by atoms with Gasteiger partial charge in [-0.15, -0.1) is 0 Å². The number of hydrogen-bond donors (Lipinski definition) is 6. The second kappa shape index (κ2) is 42.7. The average Bonchev–Trinajstić information content (AvgIpc) is 0.760. The van der Waals surface area contributed by atoms with Crippen LogP contribution in [0.2, 0.25) is 15.1 Å². The molecule has 9 aromatic carbocycles. The number of nitrogens with zero attached hydrogens (tertiary/aromatic N) is 7. The second-order valence-corrected chi connectivity index (χ2v) is 37.4. The summed E-state index contributed by atoms with van der Waals surface area (Å²) in [5.41, 5.74) is 6.27. The highest BCUT2D eigenvalue weighted by molar-refractivity contribution is 6.35. The Morgan fingerprint density at radius 2 is 0.739 bits per heavy atom. The van der Waals surface area contributed by atoms with Gasteiger partial charge >= 0.3 is 5.69 Å². The first-order valence-electron chi connectivity index (χ1n) is 45.8. The van der Waals surface area contributed by atoms with Crippen molar-refractivity contribution in [3.63, 3.8) is 0 Å². The van der Waals surface area contributed by atoms with E-state index in [-0.39, 0.29) is 61.2 Å². The highest BCUT2D eigenvalue weighted by Gasteiger charge is 2.32. The third-order valence-corrected chi connectivity index (χ3v) is 24.9. The van der Waals surface area contributed by atoms with Crippen LogP contribution >= 0.6 is 34.8 Å². The average molecular weight is 1990 g/mol. The number of aryl methyl sites for hydroxylation is 4. The van der Waals surface area contributed by atoms with Crippen LogP contribution in [0.15, 0.2) is 232 Å². The van der Waals surface area contributed by atoms with E-state index in [0.29, 0.717) is 155 Å². The van der Waals surface area contributed by atoms with Crippen LogP contribution in [0.3, 0.4) is 0 Å². The smallest absolute Gasteiger partial charge is 0.335 e. The van der Waals surface area contributed by atoms with Crippen molar-refractivity contribution >= 4 is 102 Å². The van der Waals surface area contributed by atoms with E-state index in [1.165, 1.54) is 108 Å². The van der Waals surface area contributed by atoms with Gasteiger partial charge in [-0.2, -0.15) is 0 Å². The number of anilines is 3. The van der Waals surface area contributed by atoms with Crippen molar-refractivity contribution in [2.75, 3.05) is 69.3 Å². The van der Waals surface area contributed by atoms with E-state index in [9.17, 15) is 62.1 Å². The molecule has 3 aliphatic rings. The van der Waals surface area contributed by atoms with Crippen molar-refractivity contribution < 1.29 is 80.8 Å². The van der Waals surface area contributed by atoms with E-state index < -0.39 is 74.3 Å². The molecule has 0 aliphatic carbocycles. The van der Waals surface area contributed by atoms with Crippen LogP contribution in [-0.2, 0) is 45.6 Å². The number of aromatic nitrogens is 7. The molecule has 3 amide bonds. The summed E-state index contributed by atoms with van der Waals surface area (Å²) in [6.07, 6.45) is 14.2. The molecule has 0 fully saturated rings. The van der Waals surface area contributed by atoms with Crippen LogP contribution in [-0.4, -0.2) is 136 Å². The molecule has 34 heteroatoms. The van der Waals surface area contributed by atoms with Crippen LogP contribution < -0.4 is 76.2 Å². The maximum absolute atomic E-state index is 13.5. The molecule has 18 rings (SSSR count). The molecule has 9 heterocycles. The molecule has 142 heavy (non-hydrogen) atoms. The number of halogens is 6. The van der Waals surface area contributed by atoms with Crippen molar-refractivity contribution in [2.45, 2.75) is 123 Å². The SMILES string of the molecule is CCOc1ccn(-c2ccc(F)cc2)c(=O)c1C(=O)Nc1ccc(Cc2ccnc3cc(CCC(C)(C)O)c4c(c23)OCCO4)cc1Cl.COc1ccn(-c2ccc(F)cc2)c(=O)c1C(=O)Nc1ccc(Cc2ccnc3cc(CCC(C)(C)O)c4c(c23)OCCO4)cc1Cl.Cn1cc(C(=O)Nc2ccc(Cc3ccnc4cc(CCC(C)(C)O)c5c(c34)OCCO5)cc2Cl)c(=O)n(-c2ccc(F)cc2)c1=O. The molecule has 0 unspecified atom stereocenters. The predicted molar refractivity (Wildman–Crippen MR) is 538 cm³/mol. The number of fused-ring (bicyclic) bond motifs is 9. The van der Waals surface area contributed by atoms with Gasteiger partial charge in [0, 0.05) is 88.5 Å². The molecule has 6 aromatic heterocycles. The van der Waals surface area contributed by atoms with Gasteiger partial charge in [0.2, 0.25) is 0 Å².